The fourth-order valence-electron chi connectivity index (χ4n) is 3.26. The van der Waals surface area contributed by atoms with Crippen LogP contribution in [-0.4, -0.2) is 73.8 Å². The van der Waals surface area contributed by atoms with Crippen molar-refractivity contribution >= 4 is 23.5 Å². The highest BCUT2D eigenvalue weighted by molar-refractivity contribution is 6.38. The van der Waals surface area contributed by atoms with E-state index in [0.29, 0.717) is 19.7 Å². The van der Waals surface area contributed by atoms with Gasteiger partial charge in [0.25, 0.3) is 5.91 Å². The number of likely N-dealkylation sites (tertiary alicyclic amines) is 1. The Balaban J connectivity index is 1.69. The number of benzene rings is 1. The molecule has 0 saturated carbocycles. The third-order valence-electron chi connectivity index (χ3n) is 5.12. The number of nitrogens with zero attached hydrogens (tertiary/aromatic N) is 1. The van der Waals surface area contributed by atoms with E-state index in [4.69, 9.17) is 4.74 Å². The molecule has 1 heterocycles. The predicted octanol–water partition coefficient (Wildman–Crippen LogP) is -0.00630. The summed E-state index contributed by atoms with van der Waals surface area (Å²) in [6, 6.07) is 7.84. The van der Waals surface area contributed by atoms with Crippen molar-refractivity contribution in [3.8, 4) is 0 Å². The first-order valence-corrected chi connectivity index (χ1v) is 10.6. The van der Waals surface area contributed by atoms with Gasteiger partial charge >= 0.3 is 0 Å². The smallest absolute Gasteiger partial charge is 0.289 e. The number of rotatable bonds is 12. The van der Waals surface area contributed by atoms with Crippen LogP contribution >= 0.6 is 0 Å². The van der Waals surface area contributed by atoms with E-state index < -0.39 is 29.7 Å². The molecule has 9 nitrogen and oxygen atoms in total. The van der Waals surface area contributed by atoms with Gasteiger partial charge in [-0.3, -0.25) is 19.2 Å². The zero-order valence-corrected chi connectivity index (χ0v) is 18.2. The second-order valence-electron chi connectivity index (χ2n) is 7.52. The van der Waals surface area contributed by atoms with Crippen molar-refractivity contribution in [2.24, 2.45) is 0 Å². The van der Waals surface area contributed by atoms with Gasteiger partial charge in [-0.2, -0.15) is 0 Å². The lowest BCUT2D eigenvalue weighted by molar-refractivity contribution is -0.140. The van der Waals surface area contributed by atoms with Gasteiger partial charge in [-0.05, 0) is 32.4 Å². The Morgan fingerprint density at radius 1 is 1.10 bits per heavy atom. The number of hydrogen-bond acceptors (Lipinski definition) is 6. The van der Waals surface area contributed by atoms with Gasteiger partial charge < -0.3 is 25.6 Å². The highest BCUT2D eigenvalue weighted by Gasteiger charge is 2.28. The van der Waals surface area contributed by atoms with Crippen LogP contribution in [0.2, 0.25) is 0 Å². The molecular formula is C22H32N4O5. The lowest BCUT2D eigenvalue weighted by Gasteiger charge is -2.21. The molecule has 0 aliphatic carbocycles. The number of carbonyl (C=O) groups is 4. The molecule has 2 rings (SSSR count). The molecule has 1 saturated heterocycles. The molecule has 0 radical (unpaired) electrons. The Kier molecular flexibility index (Phi) is 10.1. The Labute approximate surface area is 182 Å². The summed E-state index contributed by atoms with van der Waals surface area (Å²) in [7, 11) is 1.58. The summed E-state index contributed by atoms with van der Waals surface area (Å²) in [5.41, 5.74) is 1.02. The fourth-order valence-corrected chi connectivity index (χ4v) is 3.26. The van der Waals surface area contributed by atoms with Gasteiger partial charge in [-0.15, -0.1) is 0 Å². The predicted molar refractivity (Wildman–Crippen MR) is 115 cm³/mol. The van der Waals surface area contributed by atoms with Crippen LogP contribution in [0, 0.1) is 0 Å². The number of Topliss-reactive ketones (excluding diaryl/α,β-unsaturated/α-hetero) is 1. The van der Waals surface area contributed by atoms with Crippen molar-refractivity contribution in [3.05, 3.63) is 35.9 Å². The zero-order chi connectivity index (χ0) is 22.6. The highest BCUT2D eigenvalue weighted by atomic mass is 16.5. The molecule has 1 aromatic carbocycles. The molecular weight excluding hydrogens is 400 g/mol. The van der Waals surface area contributed by atoms with E-state index >= 15 is 0 Å². The summed E-state index contributed by atoms with van der Waals surface area (Å²) in [4.78, 5) is 50.7. The summed E-state index contributed by atoms with van der Waals surface area (Å²) in [5.74, 6) is -2.13. The normalized spacial score (nSPS) is 15.2. The SMILES string of the molecule is CN[C@@H](CC(=O)N1CCCC1)C(=O)NC(C)C(=O)C(=O)NCCOCc1ccccc1. The number of ketones is 1. The Morgan fingerprint density at radius 3 is 2.42 bits per heavy atom. The molecule has 1 aliphatic heterocycles. The number of ether oxygens (including phenoxy) is 1. The van der Waals surface area contributed by atoms with Crippen LogP contribution < -0.4 is 16.0 Å². The monoisotopic (exact) mass is 432 g/mol. The molecule has 1 unspecified atom stereocenters. The minimum absolute atomic E-state index is 0.00813. The van der Waals surface area contributed by atoms with Gasteiger partial charge in [0.2, 0.25) is 17.6 Å². The Hall–Kier alpha value is -2.78. The molecule has 0 spiro atoms. The van der Waals surface area contributed by atoms with Crippen LogP contribution in [0.25, 0.3) is 0 Å². The minimum Gasteiger partial charge on any atom is -0.375 e. The number of amides is 3. The summed E-state index contributed by atoms with van der Waals surface area (Å²) in [6.45, 7) is 3.72. The van der Waals surface area contributed by atoms with E-state index in [-0.39, 0.29) is 25.5 Å². The second-order valence-corrected chi connectivity index (χ2v) is 7.52. The quantitative estimate of drug-likeness (QED) is 0.316. The largest absolute Gasteiger partial charge is 0.375 e. The highest BCUT2D eigenvalue weighted by Crippen LogP contribution is 2.10. The van der Waals surface area contributed by atoms with Gasteiger partial charge in [0.1, 0.15) is 0 Å². The van der Waals surface area contributed by atoms with Crippen LogP contribution in [0.1, 0.15) is 31.7 Å². The van der Waals surface area contributed by atoms with E-state index in [9.17, 15) is 19.2 Å². The van der Waals surface area contributed by atoms with Crippen molar-refractivity contribution in [1.82, 2.24) is 20.9 Å². The fraction of sp³-hybridized carbons (Fsp3) is 0.545. The standard InChI is InChI=1S/C22H32N4O5/c1-16(25-21(29)18(23-2)14-19(27)26-11-6-7-12-26)20(28)22(30)24-10-13-31-15-17-8-4-3-5-9-17/h3-5,8-9,16,18,23H,6-7,10-15H2,1-2H3,(H,24,30)(H,25,29)/t16?,18-/m0/s1. The summed E-state index contributed by atoms with van der Waals surface area (Å²) in [6.07, 6.45) is 1.95. The van der Waals surface area contributed by atoms with E-state index in [1.807, 2.05) is 30.3 Å². The van der Waals surface area contributed by atoms with Crippen molar-refractivity contribution in [1.29, 1.82) is 0 Å². The molecule has 2 atom stereocenters. The summed E-state index contributed by atoms with van der Waals surface area (Å²) >= 11 is 0. The molecule has 1 aliphatic rings. The average molecular weight is 433 g/mol. The first-order valence-electron chi connectivity index (χ1n) is 10.6. The van der Waals surface area contributed by atoms with Crippen molar-refractivity contribution in [2.75, 3.05) is 33.3 Å². The number of nitrogens with one attached hydrogen (secondary N) is 3. The average Bonchev–Trinajstić information content (AvgIpc) is 3.32. The van der Waals surface area contributed by atoms with Crippen LogP contribution in [0.5, 0.6) is 0 Å². The van der Waals surface area contributed by atoms with Gasteiger partial charge in [0.15, 0.2) is 0 Å². The van der Waals surface area contributed by atoms with Crippen molar-refractivity contribution in [2.45, 2.75) is 44.9 Å². The zero-order valence-electron chi connectivity index (χ0n) is 18.2. The Bertz CT molecular complexity index is 750. The molecule has 1 aromatic rings. The van der Waals surface area contributed by atoms with Crippen molar-refractivity contribution in [3.63, 3.8) is 0 Å². The molecule has 170 valence electrons. The number of carbonyl (C=O) groups excluding carboxylic acids is 4. The van der Waals surface area contributed by atoms with E-state index in [1.54, 1.807) is 11.9 Å². The first-order chi connectivity index (χ1) is 14.9. The van der Waals surface area contributed by atoms with Crippen LogP contribution in [0.4, 0.5) is 0 Å². The molecule has 31 heavy (non-hydrogen) atoms. The maximum Gasteiger partial charge on any atom is 0.289 e. The lowest BCUT2D eigenvalue weighted by atomic mass is 10.1. The van der Waals surface area contributed by atoms with E-state index in [0.717, 1.165) is 18.4 Å². The Morgan fingerprint density at radius 2 is 1.77 bits per heavy atom. The summed E-state index contributed by atoms with van der Waals surface area (Å²) in [5, 5.41) is 7.81. The van der Waals surface area contributed by atoms with Gasteiger partial charge in [0.05, 0.1) is 31.7 Å². The molecule has 9 heteroatoms. The maximum atomic E-state index is 12.4. The molecule has 3 N–H and O–H groups in total. The maximum absolute atomic E-state index is 12.4. The van der Waals surface area contributed by atoms with Crippen LogP contribution in [0.3, 0.4) is 0 Å². The summed E-state index contributed by atoms with van der Waals surface area (Å²) < 4.78 is 5.46. The third-order valence-corrected chi connectivity index (χ3v) is 5.12. The number of likely N-dealkylation sites (N-methyl/N-ethyl adjacent to an activating group) is 1. The van der Waals surface area contributed by atoms with E-state index in [2.05, 4.69) is 16.0 Å². The number of hydrogen-bond donors (Lipinski definition) is 3. The first kappa shape index (κ1) is 24.5. The second kappa shape index (κ2) is 12.8. The lowest BCUT2D eigenvalue weighted by Crippen LogP contribution is -2.52. The topological polar surface area (TPSA) is 117 Å². The van der Waals surface area contributed by atoms with Gasteiger partial charge in [-0.1, -0.05) is 30.3 Å². The molecule has 3 amide bonds. The van der Waals surface area contributed by atoms with Crippen LogP contribution in [-0.2, 0) is 30.5 Å². The van der Waals surface area contributed by atoms with Gasteiger partial charge in [0, 0.05) is 19.6 Å². The third kappa shape index (κ3) is 8.10. The van der Waals surface area contributed by atoms with E-state index in [1.165, 1.54) is 6.92 Å². The molecule has 0 bridgehead atoms. The minimum atomic E-state index is -1.00. The molecule has 0 aromatic heterocycles. The molecule has 1 fully saturated rings. The van der Waals surface area contributed by atoms with Crippen molar-refractivity contribution < 1.29 is 23.9 Å². The van der Waals surface area contributed by atoms with Crippen LogP contribution in [0.15, 0.2) is 30.3 Å². The van der Waals surface area contributed by atoms with Gasteiger partial charge in [-0.25, -0.2) is 0 Å².